The molecule has 2 heteroatoms. The van der Waals surface area contributed by atoms with Crippen molar-refractivity contribution in [3.8, 4) is 0 Å². The molecule has 0 radical (unpaired) electrons. The zero-order valence-corrected chi connectivity index (χ0v) is 10.4. The Bertz CT molecular complexity index is 331. The molecule has 0 spiro atoms. The molecular formula is C13H16BrN. The zero-order valence-electron chi connectivity index (χ0n) is 8.82. The molecule has 0 aromatic heterocycles. The van der Waals surface area contributed by atoms with Gasteiger partial charge in [-0.15, -0.1) is 6.58 Å². The van der Waals surface area contributed by atoms with E-state index in [0.717, 1.165) is 11.0 Å². The SMILES string of the molecule is C=CCN1CCC[C@@H]1c1ccc(Br)cc1. The lowest BCUT2D eigenvalue weighted by Gasteiger charge is -2.23. The molecule has 1 saturated heterocycles. The molecule has 0 N–H and O–H groups in total. The van der Waals surface area contributed by atoms with Gasteiger partial charge in [-0.05, 0) is 37.1 Å². The van der Waals surface area contributed by atoms with Crippen LogP contribution in [0, 0.1) is 0 Å². The van der Waals surface area contributed by atoms with Crippen molar-refractivity contribution in [3.05, 3.63) is 47.0 Å². The average Bonchev–Trinajstić information content (AvgIpc) is 2.68. The Morgan fingerprint density at radius 1 is 1.40 bits per heavy atom. The first-order valence-electron chi connectivity index (χ1n) is 5.41. The molecule has 80 valence electrons. The van der Waals surface area contributed by atoms with E-state index in [0.29, 0.717) is 6.04 Å². The van der Waals surface area contributed by atoms with E-state index in [2.05, 4.69) is 51.7 Å². The molecule has 0 saturated carbocycles. The molecule has 2 rings (SSSR count). The van der Waals surface area contributed by atoms with Gasteiger partial charge in [-0.25, -0.2) is 0 Å². The standard InChI is InChI=1S/C13H16BrN/c1-2-9-15-10-3-4-13(15)11-5-7-12(14)8-6-11/h2,5-8,13H,1,3-4,9-10H2/t13-/m1/s1. The summed E-state index contributed by atoms with van der Waals surface area (Å²) in [5, 5.41) is 0. The fraction of sp³-hybridized carbons (Fsp3) is 0.385. The average molecular weight is 266 g/mol. The molecule has 1 fully saturated rings. The molecule has 0 bridgehead atoms. The Morgan fingerprint density at radius 2 is 2.13 bits per heavy atom. The van der Waals surface area contributed by atoms with Gasteiger partial charge in [-0.1, -0.05) is 34.1 Å². The third-order valence-electron chi connectivity index (χ3n) is 2.98. The number of rotatable bonds is 3. The fourth-order valence-electron chi connectivity index (χ4n) is 2.27. The van der Waals surface area contributed by atoms with Crippen molar-refractivity contribution < 1.29 is 0 Å². The van der Waals surface area contributed by atoms with E-state index in [4.69, 9.17) is 0 Å². The van der Waals surface area contributed by atoms with Crippen molar-refractivity contribution in [2.24, 2.45) is 0 Å². The fourth-order valence-corrected chi connectivity index (χ4v) is 2.54. The van der Waals surface area contributed by atoms with Gasteiger partial charge in [0.25, 0.3) is 0 Å². The lowest BCUT2D eigenvalue weighted by molar-refractivity contribution is 0.286. The van der Waals surface area contributed by atoms with Crippen LogP contribution in [0.1, 0.15) is 24.4 Å². The van der Waals surface area contributed by atoms with Gasteiger partial charge in [0.1, 0.15) is 0 Å². The van der Waals surface area contributed by atoms with Crippen LogP contribution in [0.4, 0.5) is 0 Å². The Balaban J connectivity index is 2.15. The molecule has 1 nitrogen and oxygen atoms in total. The lowest BCUT2D eigenvalue weighted by Crippen LogP contribution is -2.23. The van der Waals surface area contributed by atoms with E-state index in [1.54, 1.807) is 0 Å². The molecule has 1 aromatic rings. The first-order valence-corrected chi connectivity index (χ1v) is 6.21. The number of likely N-dealkylation sites (tertiary alicyclic amines) is 1. The van der Waals surface area contributed by atoms with Gasteiger partial charge in [0.15, 0.2) is 0 Å². The molecule has 1 aliphatic heterocycles. The Hall–Kier alpha value is -0.600. The van der Waals surface area contributed by atoms with Gasteiger partial charge in [-0.2, -0.15) is 0 Å². The van der Waals surface area contributed by atoms with E-state index in [1.165, 1.54) is 24.9 Å². The lowest BCUT2D eigenvalue weighted by atomic mass is 10.0. The molecule has 0 unspecified atom stereocenters. The largest absolute Gasteiger partial charge is 0.293 e. The molecule has 0 aliphatic carbocycles. The second-order valence-electron chi connectivity index (χ2n) is 3.99. The summed E-state index contributed by atoms with van der Waals surface area (Å²) in [5.41, 5.74) is 1.43. The van der Waals surface area contributed by atoms with Crippen molar-refractivity contribution in [1.82, 2.24) is 4.90 Å². The van der Waals surface area contributed by atoms with Gasteiger partial charge >= 0.3 is 0 Å². The number of halogens is 1. The molecule has 1 aromatic carbocycles. The van der Waals surface area contributed by atoms with Crippen LogP contribution in [0.2, 0.25) is 0 Å². The van der Waals surface area contributed by atoms with E-state index < -0.39 is 0 Å². The van der Waals surface area contributed by atoms with Crippen LogP contribution in [-0.4, -0.2) is 18.0 Å². The molecule has 1 atom stereocenters. The monoisotopic (exact) mass is 265 g/mol. The quantitative estimate of drug-likeness (QED) is 0.753. The van der Waals surface area contributed by atoms with Gasteiger partial charge < -0.3 is 0 Å². The normalized spacial score (nSPS) is 21.8. The maximum Gasteiger partial charge on any atom is 0.0351 e. The summed E-state index contributed by atoms with van der Waals surface area (Å²) in [5.74, 6) is 0. The summed E-state index contributed by atoms with van der Waals surface area (Å²) in [6.07, 6.45) is 4.57. The molecular weight excluding hydrogens is 250 g/mol. The number of hydrogen-bond acceptors (Lipinski definition) is 1. The zero-order chi connectivity index (χ0) is 10.7. The van der Waals surface area contributed by atoms with Gasteiger partial charge in [-0.3, -0.25) is 4.90 Å². The van der Waals surface area contributed by atoms with Crippen LogP contribution < -0.4 is 0 Å². The molecule has 15 heavy (non-hydrogen) atoms. The predicted octanol–water partition coefficient (Wildman–Crippen LogP) is 3.77. The smallest absolute Gasteiger partial charge is 0.0351 e. The summed E-state index contributed by atoms with van der Waals surface area (Å²) < 4.78 is 1.15. The first kappa shape index (κ1) is 10.9. The minimum atomic E-state index is 0.594. The van der Waals surface area contributed by atoms with Crippen molar-refractivity contribution in [2.75, 3.05) is 13.1 Å². The van der Waals surface area contributed by atoms with E-state index in [-0.39, 0.29) is 0 Å². The third kappa shape index (κ3) is 2.50. The first-order chi connectivity index (χ1) is 7.31. The van der Waals surface area contributed by atoms with Crippen LogP contribution in [-0.2, 0) is 0 Å². The minimum absolute atomic E-state index is 0.594. The van der Waals surface area contributed by atoms with Crippen molar-refractivity contribution in [3.63, 3.8) is 0 Å². The topological polar surface area (TPSA) is 3.24 Å². The Kier molecular flexibility index (Phi) is 3.60. The maximum atomic E-state index is 3.82. The number of hydrogen-bond donors (Lipinski definition) is 0. The second kappa shape index (κ2) is 4.95. The van der Waals surface area contributed by atoms with Gasteiger partial charge in [0.2, 0.25) is 0 Å². The van der Waals surface area contributed by atoms with Crippen LogP contribution in [0.15, 0.2) is 41.4 Å². The number of nitrogens with zero attached hydrogens (tertiary/aromatic N) is 1. The minimum Gasteiger partial charge on any atom is -0.293 e. The van der Waals surface area contributed by atoms with Crippen LogP contribution >= 0.6 is 15.9 Å². The van der Waals surface area contributed by atoms with Crippen LogP contribution in [0.25, 0.3) is 0 Å². The summed E-state index contributed by atoms with van der Waals surface area (Å²) in [6.45, 7) is 6.02. The molecule has 1 aliphatic rings. The summed E-state index contributed by atoms with van der Waals surface area (Å²) >= 11 is 3.47. The van der Waals surface area contributed by atoms with Gasteiger partial charge in [0.05, 0.1) is 0 Å². The third-order valence-corrected chi connectivity index (χ3v) is 3.51. The van der Waals surface area contributed by atoms with E-state index in [9.17, 15) is 0 Å². The second-order valence-corrected chi connectivity index (χ2v) is 4.91. The Morgan fingerprint density at radius 3 is 2.80 bits per heavy atom. The van der Waals surface area contributed by atoms with Gasteiger partial charge in [0, 0.05) is 17.1 Å². The van der Waals surface area contributed by atoms with Crippen molar-refractivity contribution in [1.29, 1.82) is 0 Å². The summed E-state index contributed by atoms with van der Waals surface area (Å²) in [4.78, 5) is 2.50. The van der Waals surface area contributed by atoms with E-state index >= 15 is 0 Å². The highest BCUT2D eigenvalue weighted by molar-refractivity contribution is 9.10. The van der Waals surface area contributed by atoms with Crippen molar-refractivity contribution >= 4 is 15.9 Å². The highest BCUT2D eigenvalue weighted by Crippen LogP contribution is 2.31. The molecule has 1 heterocycles. The highest BCUT2D eigenvalue weighted by atomic mass is 79.9. The maximum absolute atomic E-state index is 3.82. The molecule has 0 amide bonds. The van der Waals surface area contributed by atoms with Crippen LogP contribution in [0.5, 0.6) is 0 Å². The number of benzene rings is 1. The van der Waals surface area contributed by atoms with E-state index in [1.807, 2.05) is 6.08 Å². The predicted molar refractivity (Wildman–Crippen MR) is 67.9 cm³/mol. The van der Waals surface area contributed by atoms with Crippen molar-refractivity contribution in [2.45, 2.75) is 18.9 Å². The summed E-state index contributed by atoms with van der Waals surface area (Å²) in [7, 11) is 0. The summed E-state index contributed by atoms with van der Waals surface area (Å²) in [6, 6.07) is 9.28. The van der Waals surface area contributed by atoms with Crippen LogP contribution in [0.3, 0.4) is 0 Å². The Labute approximate surface area is 99.9 Å². The highest BCUT2D eigenvalue weighted by Gasteiger charge is 2.24.